The van der Waals surface area contributed by atoms with Crippen LogP contribution < -0.4 is 11.1 Å². The van der Waals surface area contributed by atoms with E-state index in [4.69, 9.17) is 10.5 Å². The Hall–Kier alpha value is -1.75. The van der Waals surface area contributed by atoms with Gasteiger partial charge in [0.05, 0.1) is 24.0 Å². The normalized spacial score (nSPS) is 14.1. The van der Waals surface area contributed by atoms with Gasteiger partial charge < -0.3 is 20.5 Å². The second-order valence-corrected chi connectivity index (χ2v) is 5.09. The Morgan fingerprint density at radius 3 is 2.95 bits per heavy atom. The minimum absolute atomic E-state index is 0.360. The summed E-state index contributed by atoms with van der Waals surface area (Å²) in [7, 11) is 1.36. The van der Waals surface area contributed by atoms with Crippen molar-refractivity contribution in [1.29, 1.82) is 0 Å². The van der Waals surface area contributed by atoms with Crippen LogP contribution in [0.2, 0.25) is 0 Å². The smallest absolute Gasteiger partial charge is 0.337 e. The van der Waals surface area contributed by atoms with Crippen LogP contribution in [-0.4, -0.2) is 32.8 Å². The van der Waals surface area contributed by atoms with Crippen LogP contribution in [-0.2, 0) is 9.47 Å². The van der Waals surface area contributed by atoms with E-state index in [2.05, 4.69) is 10.1 Å². The van der Waals surface area contributed by atoms with E-state index >= 15 is 0 Å². The van der Waals surface area contributed by atoms with E-state index in [0.29, 0.717) is 11.3 Å². The van der Waals surface area contributed by atoms with Gasteiger partial charge in [-0.25, -0.2) is 4.79 Å². The van der Waals surface area contributed by atoms with Gasteiger partial charge in [-0.05, 0) is 43.4 Å². The molecule has 0 atom stereocenters. The molecule has 20 heavy (non-hydrogen) atoms. The summed E-state index contributed by atoms with van der Waals surface area (Å²) in [5.41, 5.74) is 7.75. The van der Waals surface area contributed by atoms with Crippen LogP contribution in [0.1, 0.15) is 29.6 Å². The summed E-state index contributed by atoms with van der Waals surface area (Å²) in [6.45, 7) is 2.40. The van der Waals surface area contributed by atoms with Gasteiger partial charge in [0.1, 0.15) is 0 Å². The lowest BCUT2D eigenvalue weighted by Gasteiger charge is -2.11. The third-order valence-electron chi connectivity index (χ3n) is 3.31. The quantitative estimate of drug-likeness (QED) is 0.433. The number of benzene rings is 1. The predicted molar refractivity (Wildman–Crippen MR) is 78.8 cm³/mol. The predicted octanol–water partition coefficient (Wildman–Crippen LogP) is 2.28. The molecule has 0 heterocycles. The van der Waals surface area contributed by atoms with Gasteiger partial charge in [-0.1, -0.05) is 0 Å². The fourth-order valence-electron chi connectivity index (χ4n) is 1.89. The molecule has 2 rings (SSSR count). The van der Waals surface area contributed by atoms with Crippen LogP contribution in [0.5, 0.6) is 0 Å². The lowest BCUT2D eigenvalue weighted by atomic mass is 10.1. The summed E-state index contributed by atoms with van der Waals surface area (Å²) in [4.78, 5) is 11.5. The Bertz CT molecular complexity index is 458. The average Bonchev–Trinajstić information content (AvgIpc) is 3.27. The highest BCUT2D eigenvalue weighted by Crippen LogP contribution is 2.28. The molecule has 1 aliphatic rings. The Labute approximate surface area is 119 Å². The van der Waals surface area contributed by atoms with Crippen LogP contribution in [0.3, 0.4) is 0 Å². The molecule has 0 spiro atoms. The fraction of sp³-hybridized carbons (Fsp3) is 0.533. The standard InChI is InChI=1S/C15H22N2O3/c1-19-15(18)12-5-6-13(16)14(9-12)17-7-2-8-20-10-11-3-4-11/h5-6,9,11,17H,2-4,7-8,10,16H2,1H3. The maximum atomic E-state index is 11.5. The van der Waals surface area contributed by atoms with Crippen molar-refractivity contribution in [2.45, 2.75) is 19.3 Å². The van der Waals surface area contributed by atoms with E-state index < -0.39 is 0 Å². The number of rotatable bonds is 8. The monoisotopic (exact) mass is 278 g/mol. The summed E-state index contributed by atoms with van der Waals surface area (Å²) < 4.78 is 10.2. The maximum absolute atomic E-state index is 11.5. The molecule has 1 fully saturated rings. The molecular formula is C15H22N2O3. The largest absolute Gasteiger partial charge is 0.465 e. The molecule has 0 radical (unpaired) electrons. The van der Waals surface area contributed by atoms with Crippen molar-refractivity contribution in [3.8, 4) is 0 Å². The van der Waals surface area contributed by atoms with Crippen molar-refractivity contribution in [2.75, 3.05) is 37.9 Å². The number of methoxy groups -OCH3 is 1. The van der Waals surface area contributed by atoms with Crippen molar-refractivity contribution in [2.24, 2.45) is 5.92 Å². The van der Waals surface area contributed by atoms with Gasteiger partial charge >= 0.3 is 5.97 Å². The van der Waals surface area contributed by atoms with Crippen molar-refractivity contribution in [3.05, 3.63) is 23.8 Å². The minimum atomic E-state index is -0.360. The average molecular weight is 278 g/mol. The highest BCUT2D eigenvalue weighted by Gasteiger charge is 2.20. The van der Waals surface area contributed by atoms with Crippen molar-refractivity contribution in [1.82, 2.24) is 0 Å². The number of carbonyl (C=O) groups excluding carboxylic acids is 1. The van der Waals surface area contributed by atoms with E-state index in [1.807, 2.05) is 0 Å². The molecule has 0 amide bonds. The first kappa shape index (κ1) is 14.7. The maximum Gasteiger partial charge on any atom is 0.337 e. The molecule has 1 aromatic carbocycles. The Morgan fingerprint density at radius 2 is 2.25 bits per heavy atom. The van der Waals surface area contributed by atoms with Crippen LogP contribution in [0.15, 0.2) is 18.2 Å². The lowest BCUT2D eigenvalue weighted by Crippen LogP contribution is -2.09. The van der Waals surface area contributed by atoms with Crippen molar-refractivity contribution in [3.63, 3.8) is 0 Å². The van der Waals surface area contributed by atoms with Crippen LogP contribution in [0.4, 0.5) is 11.4 Å². The summed E-state index contributed by atoms with van der Waals surface area (Å²) in [6, 6.07) is 5.08. The zero-order valence-corrected chi connectivity index (χ0v) is 11.9. The van der Waals surface area contributed by atoms with E-state index in [-0.39, 0.29) is 5.97 Å². The molecule has 1 saturated carbocycles. The molecule has 0 aromatic heterocycles. The number of carbonyl (C=O) groups is 1. The van der Waals surface area contributed by atoms with E-state index in [1.54, 1.807) is 18.2 Å². The number of hydrogen-bond acceptors (Lipinski definition) is 5. The second kappa shape index (κ2) is 7.14. The van der Waals surface area contributed by atoms with Crippen LogP contribution in [0.25, 0.3) is 0 Å². The first-order valence-electron chi connectivity index (χ1n) is 7.00. The highest BCUT2D eigenvalue weighted by molar-refractivity contribution is 5.91. The van der Waals surface area contributed by atoms with Crippen LogP contribution in [0, 0.1) is 5.92 Å². The molecule has 110 valence electrons. The van der Waals surface area contributed by atoms with Gasteiger partial charge in [-0.15, -0.1) is 0 Å². The highest BCUT2D eigenvalue weighted by atomic mass is 16.5. The third-order valence-corrected chi connectivity index (χ3v) is 3.31. The molecule has 0 unspecified atom stereocenters. The zero-order valence-electron chi connectivity index (χ0n) is 11.9. The number of nitrogens with one attached hydrogen (secondary N) is 1. The summed E-state index contributed by atoms with van der Waals surface area (Å²) >= 11 is 0. The number of ether oxygens (including phenoxy) is 2. The molecule has 5 nitrogen and oxygen atoms in total. The van der Waals surface area contributed by atoms with Crippen LogP contribution >= 0.6 is 0 Å². The molecule has 0 saturated heterocycles. The summed E-state index contributed by atoms with van der Waals surface area (Å²) in [6.07, 6.45) is 3.54. The lowest BCUT2D eigenvalue weighted by molar-refractivity contribution is 0.0601. The molecule has 0 aliphatic heterocycles. The number of hydrogen-bond donors (Lipinski definition) is 2. The van der Waals surface area contributed by atoms with E-state index in [9.17, 15) is 4.79 Å². The number of nitrogen functional groups attached to an aromatic ring is 1. The first-order chi connectivity index (χ1) is 9.70. The molecular weight excluding hydrogens is 256 g/mol. The number of nitrogens with two attached hydrogens (primary N) is 1. The van der Waals surface area contributed by atoms with Gasteiger partial charge in [0.15, 0.2) is 0 Å². The second-order valence-electron chi connectivity index (χ2n) is 5.09. The third kappa shape index (κ3) is 4.42. The molecule has 3 N–H and O–H groups in total. The number of esters is 1. The molecule has 1 aliphatic carbocycles. The molecule has 1 aromatic rings. The molecule has 0 bridgehead atoms. The Balaban J connectivity index is 1.74. The zero-order chi connectivity index (χ0) is 14.4. The first-order valence-corrected chi connectivity index (χ1v) is 7.00. The van der Waals surface area contributed by atoms with E-state index in [1.165, 1.54) is 20.0 Å². The summed E-state index contributed by atoms with van der Waals surface area (Å²) in [5, 5.41) is 3.22. The minimum Gasteiger partial charge on any atom is -0.465 e. The van der Waals surface area contributed by atoms with E-state index in [0.717, 1.165) is 37.8 Å². The van der Waals surface area contributed by atoms with Crippen molar-refractivity contribution >= 4 is 17.3 Å². The Morgan fingerprint density at radius 1 is 1.45 bits per heavy atom. The fourth-order valence-corrected chi connectivity index (χ4v) is 1.89. The topological polar surface area (TPSA) is 73.6 Å². The van der Waals surface area contributed by atoms with Gasteiger partial charge in [0, 0.05) is 19.8 Å². The van der Waals surface area contributed by atoms with Crippen molar-refractivity contribution < 1.29 is 14.3 Å². The van der Waals surface area contributed by atoms with Gasteiger partial charge in [-0.3, -0.25) is 0 Å². The SMILES string of the molecule is COC(=O)c1ccc(N)c(NCCCOCC2CC2)c1. The van der Waals surface area contributed by atoms with Gasteiger partial charge in [-0.2, -0.15) is 0 Å². The van der Waals surface area contributed by atoms with Gasteiger partial charge in [0.25, 0.3) is 0 Å². The summed E-state index contributed by atoms with van der Waals surface area (Å²) in [5.74, 6) is 0.441. The number of anilines is 2. The Kier molecular flexibility index (Phi) is 5.24. The van der Waals surface area contributed by atoms with Gasteiger partial charge in [0.2, 0.25) is 0 Å². The molecule has 5 heteroatoms.